The summed E-state index contributed by atoms with van der Waals surface area (Å²) in [5.74, 6) is 2.92. The van der Waals surface area contributed by atoms with Gasteiger partial charge in [-0.25, -0.2) is 9.97 Å². The van der Waals surface area contributed by atoms with Crippen LogP contribution in [0.4, 0.5) is 17.5 Å². The molecule has 140 valence electrons. The van der Waals surface area contributed by atoms with E-state index in [2.05, 4.69) is 52.4 Å². The van der Waals surface area contributed by atoms with Crippen molar-refractivity contribution in [1.29, 1.82) is 0 Å². The van der Waals surface area contributed by atoms with Crippen molar-refractivity contribution in [2.24, 2.45) is 0 Å². The van der Waals surface area contributed by atoms with E-state index < -0.39 is 0 Å². The summed E-state index contributed by atoms with van der Waals surface area (Å²) in [6, 6.07) is 6.20. The van der Waals surface area contributed by atoms with Crippen LogP contribution in [0.5, 0.6) is 0 Å². The van der Waals surface area contributed by atoms with Gasteiger partial charge in [-0.05, 0) is 23.6 Å². The summed E-state index contributed by atoms with van der Waals surface area (Å²) in [5.41, 5.74) is 1.02. The Balaban J connectivity index is 1.26. The van der Waals surface area contributed by atoms with Crippen molar-refractivity contribution in [2.45, 2.75) is 0 Å². The number of ether oxygens (including phenoxy) is 1. The van der Waals surface area contributed by atoms with Crippen molar-refractivity contribution in [2.75, 3.05) is 67.2 Å². The second kappa shape index (κ2) is 7.24. The Hall–Kier alpha value is -2.52. The molecule has 0 radical (unpaired) electrons. The molecule has 0 spiro atoms. The average molecular weight is 383 g/mol. The third kappa shape index (κ3) is 3.28. The number of nitrogens with zero attached hydrogens (tertiary/aromatic N) is 7. The van der Waals surface area contributed by atoms with Crippen molar-refractivity contribution in [3.05, 3.63) is 29.9 Å². The van der Waals surface area contributed by atoms with E-state index in [0.717, 1.165) is 75.5 Å². The normalized spacial score (nSPS) is 18.3. The maximum absolute atomic E-state index is 5.40. The Morgan fingerprint density at radius 1 is 0.778 bits per heavy atom. The van der Waals surface area contributed by atoms with Crippen molar-refractivity contribution in [3.8, 4) is 0 Å². The van der Waals surface area contributed by atoms with E-state index in [0.29, 0.717) is 0 Å². The lowest BCUT2D eigenvalue weighted by Crippen LogP contribution is -2.47. The molecule has 0 atom stereocenters. The lowest BCUT2D eigenvalue weighted by molar-refractivity contribution is 0.122. The predicted molar refractivity (Wildman–Crippen MR) is 107 cm³/mol. The van der Waals surface area contributed by atoms with E-state index in [1.165, 1.54) is 4.70 Å². The number of aromatic nitrogens is 4. The minimum atomic E-state index is 0.756. The van der Waals surface area contributed by atoms with Crippen molar-refractivity contribution in [1.82, 2.24) is 20.2 Å². The fraction of sp³-hybridized carbons (Fsp3) is 0.444. The molecule has 0 N–H and O–H groups in total. The molecule has 2 aliphatic heterocycles. The summed E-state index contributed by atoms with van der Waals surface area (Å²) >= 11 is 1.70. The highest BCUT2D eigenvalue weighted by Gasteiger charge is 2.22. The minimum absolute atomic E-state index is 0.756. The molecular weight excluding hydrogens is 362 g/mol. The molecule has 5 heterocycles. The van der Waals surface area contributed by atoms with Gasteiger partial charge < -0.3 is 19.4 Å². The Bertz CT molecular complexity index is 901. The van der Waals surface area contributed by atoms with Gasteiger partial charge in [0.15, 0.2) is 11.6 Å². The maximum Gasteiger partial charge on any atom is 0.151 e. The molecule has 0 aromatic carbocycles. The van der Waals surface area contributed by atoms with E-state index >= 15 is 0 Å². The molecule has 2 aliphatic rings. The first-order valence-electron chi connectivity index (χ1n) is 9.23. The van der Waals surface area contributed by atoms with Gasteiger partial charge in [0.25, 0.3) is 0 Å². The lowest BCUT2D eigenvalue weighted by atomic mass is 10.3. The van der Waals surface area contributed by atoms with Crippen LogP contribution in [0.3, 0.4) is 0 Å². The number of morpholine rings is 1. The SMILES string of the molecule is c1nc(N2CCN(c3ccc(N4CCOCC4)nn3)CC2)c2sccc2n1. The molecular formula is C18H21N7OS. The van der Waals surface area contributed by atoms with Crippen LogP contribution in [0.15, 0.2) is 29.9 Å². The molecule has 9 heteroatoms. The number of hydrogen-bond acceptors (Lipinski definition) is 9. The molecule has 5 rings (SSSR count). The topological polar surface area (TPSA) is 70.5 Å². The number of anilines is 3. The van der Waals surface area contributed by atoms with E-state index in [-0.39, 0.29) is 0 Å². The number of thiophene rings is 1. The Morgan fingerprint density at radius 3 is 2.15 bits per heavy atom. The summed E-state index contributed by atoms with van der Waals surface area (Å²) < 4.78 is 6.56. The highest BCUT2D eigenvalue weighted by molar-refractivity contribution is 7.17. The van der Waals surface area contributed by atoms with Crippen LogP contribution in [0.25, 0.3) is 10.2 Å². The first kappa shape index (κ1) is 16.6. The van der Waals surface area contributed by atoms with Crippen LogP contribution in [-0.2, 0) is 4.74 Å². The fourth-order valence-electron chi connectivity index (χ4n) is 3.60. The Morgan fingerprint density at radius 2 is 1.44 bits per heavy atom. The molecule has 0 amide bonds. The van der Waals surface area contributed by atoms with Gasteiger partial charge in [0.2, 0.25) is 0 Å². The van der Waals surface area contributed by atoms with E-state index in [9.17, 15) is 0 Å². The Labute approximate surface area is 161 Å². The van der Waals surface area contributed by atoms with Gasteiger partial charge in [-0.1, -0.05) is 0 Å². The predicted octanol–water partition coefficient (Wildman–Crippen LogP) is 1.64. The van der Waals surface area contributed by atoms with Gasteiger partial charge in [-0.15, -0.1) is 21.5 Å². The first-order valence-corrected chi connectivity index (χ1v) is 10.1. The summed E-state index contributed by atoms with van der Waals surface area (Å²) in [4.78, 5) is 15.7. The molecule has 2 fully saturated rings. The van der Waals surface area contributed by atoms with Crippen LogP contribution >= 0.6 is 11.3 Å². The second-order valence-corrected chi connectivity index (χ2v) is 7.57. The second-order valence-electron chi connectivity index (χ2n) is 6.66. The van der Waals surface area contributed by atoms with Crippen LogP contribution < -0.4 is 14.7 Å². The summed E-state index contributed by atoms with van der Waals surface area (Å²) in [5, 5.41) is 11.0. The molecule has 8 nitrogen and oxygen atoms in total. The van der Waals surface area contributed by atoms with Gasteiger partial charge in [-0.2, -0.15) is 0 Å². The molecule has 27 heavy (non-hydrogen) atoms. The smallest absolute Gasteiger partial charge is 0.151 e. The molecule has 0 bridgehead atoms. The number of fused-ring (bicyclic) bond motifs is 1. The molecule has 3 aromatic rings. The average Bonchev–Trinajstić information content (AvgIpc) is 3.24. The van der Waals surface area contributed by atoms with Gasteiger partial charge in [0.05, 0.1) is 23.4 Å². The van der Waals surface area contributed by atoms with Crippen molar-refractivity contribution in [3.63, 3.8) is 0 Å². The van der Waals surface area contributed by atoms with Crippen molar-refractivity contribution >= 4 is 39.0 Å². The zero-order valence-corrected chi connectivity index (χ0v) is 15.8. The quantitative estimate of drug-likeness (QED) is 0.676. The molecule has 3 aromatic heterocycles. The van der Waals surface area contributed by atoms with E-state index in [1.54, 1.807) is 17.7 Å². The molecule has 2 saturated heterocycles. The largest absolute Gasteiger partial charge is 0.378 e. The standard InChI is InChI=1S/C18H21N7OS/c1-2-16(24-8-10-26-11-9-24)22-21-15(1)23-4-6-25(7-5-23)18-17-14(3-12-27-17)19-13-20-18/h1-3,12-13H,4-11H2. The number of piperazine rings is 1. The third-order valence-electron chi connectivity index (χ3n) is 5.10. The number of rotatable bonds is 3. The van der Waals surface area contributed by atoms with Gasteiger partial charge >= 0.3 is 0 Å². The van der Waals surface area contributed by atoms with Crippen LogP contribution in [0.1, 0.15) is 0 Å². The van der Waals surface area contributed by atoms with Gasteiger partial charge in [0.1, 0.15) is 12.1 Å². The third-order valence-corrected chi connectivity index (χ3v) is 6.00. The van der Waals surface area contributed by atoms with Crippen LogP contribution in [0, 0.1) is 0 Å². The van der Waals surface area contributed by atoms with Gasteiger partial charge in [-0.3, -0.25) is 0 Å². The fourth-order valence-corrected chi connectivity index (χ4v) is 4.46. The highest BCUT2D eigenvalue weighted by atomic mass is 32.1. The zero-order chi connectivity index (χ0) is 18.1. The Kier molecular flexibility index (Phi) is 4.46. The highest BCUT2D eigenvalue weighted by Crippen LogP contribution is 2.29. The summed E-state index contributed by atoms with van der Waals surface area (Å²) in [6.07, 6.45) is 1.66. The monoisotopic (exact) mass is 383 g/mol. The maximum atomic E-state index is 5.40. The van der Waals surface area contributed by atoms with E-state index in [1.807, 2.05) is 6.07 Å². The van der Waals surface area contributed by atoms with E-state index in [4.69, 9.17) is 4.74 Å². The summed E-state index contributed by atoms with van der Waals surface area (Å²) in [7, 11) is 0. The van der Waals surface area contributed by atoms with Crippen LogP contribution in [0.2, 0.25) is 0 Å². The lowest BCUT2D eigenvalue weighted by Gasteiger charge is -2.36. The number of hydrogen-bond donors (Lipinski definition) is 0. The van der Waals surface area contributed by atoms with Crippen molar-refractivity contribution < 1.29 is 4.74 Å². The molecule has 0 saturated carbocycles. The zero-order valence-electron chi connectivity index (χ0n) is 15.0. The summed E-state index contributed by atoms with van der Waals surface area (Å²) in [6.45, 7) is 6.91. The molecule has 0 unspecified atom stereocenters. The first-order chi connectivity index (χ1) is 13.4. The molecule has 0 aliphatic carbocycles. The minimum Gasteiger partial charge on any atom is -0.378 e. The van der Waals surface area contributed by atoms with Gasteiger partial charge in [0, 0.05) is 39.3 Å². The van der Waals surface area contributed by atoms with Crippen LogP contribution in [-0.4, -0.2) is 72.6 Å².